The zero-order chi connectivity index (χ0) is 13.1. The normalized spacial score (nSPS) is 23.9. The Bertz CT molecular complexity index is 269. The molecule has 1 fully saturated rings. The summed E-state index contributed by atoms with van der Waals surface area (Å²) in [5, 5.41) is 12.8. The summed E-state index contributed by atoms with van der Waals surface area (Å²) >= 11 is 0. The predicted molar refractivity (Wildman–Crippen MR) is 70.1 cm³/mol. The number of nitrogens with one attached hydrogen (secondary N) is 1. The predicted octanol–water partition coefficient (Wildman–Crippen LogP) is 3.05. The van der Waals surface area contributed by atoms with Gasteiger partial charge in [0.1, 0.15) is 0 Å². The minimum Gasteiger partial charge on any atom is -0.481 e. The summed E-state index contributed by atoms with van der Waals surface area (Å²) in [4.78, 5) is 11.4. The van der Waals surface area contributed by atoms with Crippen molar-refractivity contribution < 1.29 is 9.90 Å². The number of carboxylic acid groups (broad SMARTS) is 1. The molecule has 0 heterocycles. The molecule has 0 spiro atoms. The molecular weight excluding hydrogens is 214 g/mol. The fourth-order valence-corrected chi connectivity index (χ4v) is 2.83. The maximum Gasteiger partial charge on any atom is 0.310 e. The molecule has 1 saturated carbocycles. The van der Waals surface area contributed by atoms with Gasteiger partial charge in [-0.15, -0.1) is 0 Å². The maximum atomic E-state index is 11.4. The van der Waals surface area contributed by atoms with Gasteiger partial charge in [-0.2, -0.15) is 0 Å². The highest BCUT2D eigenvalue weighted by Crippen LogP contribution is 2.37. The monoisotopic (exact) mass is 241 g/mol. The average molecular weight is 241 g/mol. The second-order valence-electron chi connectivity index (χ2n) is 6.28. The molecule has 1 aliphatic rings. The summed E-state index contributed by atoms with van der Waals surface area (Å²) in [5.74, 6) is -0.660. The molecular formula is C14H27NO2. The molecule has 0 radical (unpaired) electrons. The number of carboxylic acids is 1. The van der Waals surface area contributed by atoms with E-state index in [0.29, 0.717) is 30.8 Å². The van der Waals surface area contributed by atoms with E-state index in [4.69, 9.17) is 0 Å². The van der Waals surface area contributed by atoms with E-state index < -0.39 is 11.4 Å². The van der Waals surface area contributed by atoms with E-state index in [2.05, 4.69) is 19.2 Å². The first-order valence-corrected chi connectivity index (χ1v) is 6.82. The van der Waals surface area contributed by atoms with Crippen molar-refractivity contribution in [1.82, 2.24) is 5.32 Å². The van der Waals surface area contributed by atoms with E-state index in [9.17, 15) is 9.90 Å². The van der Waals surface area contributed by atoms with Crippen molar-refractivity contribution >= 4 is 5.97 Å². The summed E-state index contributed by atoms with van der Waals surface area (Å²) < 4.78 is 0. The van der Waals surface area contributed by atoms with Gasteiger partial charge in [-0.1, -0.05) is 27.7 Å². The molecule has 0 aliphatic heterocycles. The van der Waals surface area contributed by atoms with E-state index in [1.54, 1.807) is 0 Å². The first-order valence-electron chi connectivity index (χ1n) is 6.82. The lowest BCUT2D eigenvalue weighted by Gasteiger charge is -2.29. The Kier molecular flexibility index (Phi) is 4.59. The lowest BCUT2D eigenvalue weighted by atomic mass is 9.82. The standard InChI is InChI=1S/C14H27NO2/c1-5-14(6-2,12(16)17)10-15-11-7-8-13(3,4)9-11/h11,15H,5-10H2,1-4H3,(H,16,17). The summed E-state index contributed by atoms with van der Waals surface area (Å²) in [7, 11) is 0. The Morgan fingerprint density at radius 1 is 1.41 bits per heavy atom. The van der Waals surface area contributed by atoms with Crippen molar-refractivity contribution in [2.45, 2.75) is 65.8 Å². The zero-order valence-corrected chi connectivity index (χ0v) is 11.7. The topological polar surface area (TPSA) is 49.3 Å². The molecule has 2 N–H and O–H groups in total. The highest BCUT2D eigenvalue weighted by molar-refractivity contribution is 5.74. The van der Waals surface area contributed by atoms with Gasteiger partial charge in [0.05, 0.1) is 5.41 Å². The van der Waals surface area contributed by atoms with Crippen molar-refractivity contribution in [2.24, 2.45) is 10.8 Å². The van der Waals surface area contributed by atoms with Gasteiger partial charge in [0.25, 0.3) is 0 Å². The van der Waals surface area contributed by atoms with E-state index >= 15 is 0 Å². The van der Waals surface area contributed by atoms with Crippen LogP contribution in [0.25, 0.3) is 0 Å². The second kappa shape index (κ2) is 5.38. The fourth-order valence-electron chi connectivity index (χ4n) is 2.83. The van der Waals surface area contributed by atoms with Gasteiger partial charge in [-0.25, -0.2) is 0 Å². The Labute approximate surface area is 105 Å². The van der Waals surface area contributed by atoms with Crippen LogP contribution >= 0.6 is 0 Å². The first-order chi connectivity index (χ1) is 7.85. The lowest BCUT2D eigenvalue weighted by Crippen LogP contribution is -2.43. The SMILES string of the molecule is CCC(CC)(CNC1CCC(C)(C)C1)C(=O)O. The van der Waals surface area contributed by atoms with Crippen molar-refractivity contribution in [1.29, 1.82) is 0 Å². The number of aliphatic carboxylic acids is 1. The molecule has 1 atom stereocenters. The van der Waals surface area contributed by atoms with E-state index in [1.807, 2.05) is 13.8 Å². The third-order valence-electron chi connectivity index (χ3n) is 4.50. The van der Waals surface area contributed by atoms with Crippen LogP contribution in [-0.2, 0) is 4.79 Å². The summed E-state index contributed by atoms with van der Waals surface area (Å²) in [5.41, 5.74) is -0.158. The van der Waals surface area contributed by atoms with Crippen LogP contribution in [0.3, 0.4) is 0 Å². The third-order valence-corrected chi connectivity index (χ3v) is 4.50. The van der Waals surface area contributed by atoms with Crippen LogP contribution in [0.5, 0.6) is 0 Å². The van der Waals surface area contributed by atoms with Crippen LogP contribution in [0.4, 0.5) is 0 Å². The Hall–Kier alpha value is -0.570. The molecule has 3 nitrogen and oxygen atoms in total. The highest BCUT2D eigenvalue weighted by atomic mass is 16.4. The van der Waals surface area contributed by atoms with Crippen LogP contribution < -0.4 is 5.32 Å². The molecule has 3 heteroatoms. The summed E-state index contributed by atoms with van der Waals surface area (Å²) in [6.07, 6.45) is 4.97. The molecule has 0 saturated heterocycles. The smallest absolute Gasteiger partial charge is 0.310 e. The summed E-state index contributed by atoms with van der Waals surface area (Å²) in [6.45, 7) is 9.13. The fraction of sp³-hybridized carbons (Fsp3) is 0.929. The van der Waals surface area contributed by atoms with Crippen molar-refractivity contribution in [3.63, 3.8) is 0 Å². The van der Waals surface area contributed by atoms with Gasteiger partial charge in [0.2, 0.25) is 0 Å². The van der Waals surface area contributed by atoms with Crippen LogP contribution in [0.2, 0.25) is 0 Å². The summed E-state index contributed by atoms with van der Waals surface area (Å²) in [6, 6.07) is 0.502. The molecule has 1 rings (SSSR count). The highest BCUT2D eigenvalue weighted by Gasteiger charge is 2.37. The van der Waals surface area contributed by atoms with Crippen LogP contribution in [-0.4, -0.2) is 23.7 Å². The molecule has 0 aromatic rings. The minimum atomic E-state index is -0.660. The van der Waals surface area contributed by atoms with Crippen LogP contribution in [0.1, 0.15) is 59.8 Å². The average Bonchev–Trinajstić information content (AvgIpc) is 2.60. The second-order valence-corrected chi connectivity index (χ2v) is 6.28. The Balaban J connectivity index is 2.51. The Morgan fingerprint density at radius 2 is 2.00 bits per heavy atom. The molecule has 1 aliphatic carbocycles. The molecule has 0 aromatic heterocycles. The van der Waals surface area contributed by atoms with Gasteiger partial charge < -0.3 is 10.4 Å². The minimum absolute atomic E-state index is 0.419. The van der Waals surface area contributed by atoms with E-state index in [-0.39, 0.29) is 0 Å². The third kappa shape index (κ3) is 3.44. The van der Waals surface area contributed by atoms with E-state index in [0.717, 1.165) is 6.42 Å². The first kappa shape index (κ1) is 14.5. The molecule has 0 amide bonds. The van der Waals surface area contributed by atoms with Gasteiger partial charge in [-0.3, -0.25) is 4.79 Å². The molecule has 17 heavy (non-hydrogen) atoms. The number of hydrogen-bond donors (Lipinski definition) is 2. The lowest BCUT2D eigenvalue weighted by molar-refractivity contribution is -0.149. The Morgan fingerprint density at radius 3 is 2.35 bits per heavy atom. The van der Waals surface area contributed by atoms with Gasteiger partial charge in [-0.05, 0) is 37.5 Å². The largest absolute Gasteiger partial charge is 0.481 e. The number of rotatable bonds is 6. The molecule has 1 unspecified atom stereocenters. The van der Waals surface area contributed by atoms with Crippen molar-refractivity contribution in [3.8, 4) is 0 Å². The van der Waals surface area contributed by atoms with Crippen molar-refractivity contribution in [3.05, 3.63) is 0 Å². The maximum absolute atomic E-state index is 11.4. The quantitative estimate of drug-likeness (QED) is 0.751. The zero-order valence-electron chi connectivity index (χ0n) is 11.7. The molecule has 0 bridgehead atoms. The number of hydrogen-bond acceptors (Lipinski definition) is 2. The van der Waals surface area contributed by atoms with Crippen LogP contribution in [0, 0.1) is 10.8 Å². The van der Waals surface area contributed by atoms with Crippen LogP contribution in [0.15, 0.2) is 0 Å². The molecule has 100 valence electrons. The van der Waals surface area contributed by atoms with E-state index in [1.165, 1.54) is 12.8 Å². The van der Waals surface area contributed by atoms with Gasteiger partial charge in [0.15, 0.2) is 0 Å². The van der Waals surface area contributed by atoms with Gasteiger partial charge >= 0.3 is 5.97 Å². The molecule has 0 aromatic carbocycles. The van der Waals surface area contributed by atoms with Crippen molar-refractivity contribution in [2.75, 3.05) is 6.54 Å². The number of carbonyl (C=O) groups is 1. The van der Waals surface area contributed by atoms with Gasteiger partial charge in [0, 0.05) is 12.6 Å².